The Labute approximate surface area is 160 Å². The molecule has 1 aliphatic rings. The molecule has 3 rings (SSSR count). The van der Waals surface area contributed by atoms with Crippen LogP contribution in [0.4, 0.5) is 5.69 Å². The summed E-state index contributed by atoms with van der Waals surface area (Å²) >= 11 is 0. The Kier molecular flexibility index (Phi) is 5.25. The zero-order valence-electron chi connectivity index (χ0n) is 15.2. The fourth-order valence-corrected chi connectivity index (χ4v) is 3.10. The van der Waals surface area contributed by atoms with Gasteiger partial charge in [0.25, 0.3) is 0 Å². The van der Waals surface area contributed by atoms with Gasteiger partial charge in [0.15, 0.2) is 11.8 Å². The number of nitrogens with one attached hydrogen (secondary N) is 2. The van der Waals surface area contributed by atoms with Crippen molar-refractivity contribution in [2.75, 3.05) is 12.4 Å². The number of hydrogen-bond donors (Lipinski definition) is 3. The quantitative estimate of drug-likeness (QED) is 0.532. The highest BCUT2D eigenvalue weighted by Gasteiger charge is 2.34. The molecule has 0 spiro atoms. The first-order valence-corrected chi connectivity index (χ1v) is 8.33. The Bertz CT molecular complexity index is 985. The summed E-state index contributed by atoms with van der Waals surface area (Å²) in [5.74, 6) is -1.25. The maximum Gasteiger partial charge on any atom is 0.332 e. The average molecular weight is 382 g/mol. The number of rotatable bonds is 5. The van der Waals surface area contributed by atoms with Crippen molar-refractivity contribution in [1.82, 2.24) is 10.3 Å². The molecule has 0 saturated heterocycles. The van der Waals surface area contributed by atoms with E-state index in [-0.39, 0.29) is 17.2 Å². The number of carbonyl (C=O) groups is 1. The summed E-state index contributed by atoms with van der Waals surface area (Å²) in [5.41, 5.74) is 1.79. The van der Waals surface area contributed by atoms with E-state index in [4.69, 9.17) is 4.74 Å². The first-order chi connectivity index (χ1) is 13.4. The van der Waals surface area contributed by atoms with Gasteiger partial charge in [-0.25, -0.2) is 10.1 Å². The van der Waals surface area contributed by atoms with Gasteiger partial charge in [0.05, 0.1) is 12.8 Å². The van der Waals surface area contributed by atoms with Crippen molar-refractivity contribution in [3.63, 3.8) is 0 Å². The number of ether oxygens (including phenoxy) is 1. The molecule has 0 bridgehead atoms. The zero-order chi connectivity index (χ0) is 20.3. The molecule has 0 radical (unpaired) electrons. The first-order valence-electron chi connectivity index (χ1n) is 8.33. The maximum atomic E-state index is 12.0. The third-order valence-electron chi connectivity index (χ3n) is 4.28. The van der Waals surface area contributed by atoms with Crippen LogP contribution >= 0.6 is 0 Å². The molecular weight excluding hydrogens is 364 g/mol. The molecule has 0 fully saturated rings. The fourth-order valence-electron chi connectivity index (χ4n) is 3.10. The second-order valence-corrected chi connectivity index (χ2v) is 6.00. The number of carboxylic acids is 1. The summed E-state index contributed by atoms with van der Waals surface area (Å²) < 4.78 is 5.46. The summed E-state index contributed by atoms with van der Waals surface area (Å²) in [4.78, 5) is 27.1. The molecule has 2 heterocycles. The molecule has 1 aliphatic heterocycles. The number of carboxylic acid groups (broad SMARTS) is 1. The van der Waals surface area contributed by atoms with Gasteiger partial charge in [0.2, 0.25) is 0 Å². The van der Waals surface area contributed by atoms with E-state index in [9.17, 15) is 20.0 Å². The Morgan fingerprint density at radius 2 is 1.96 bits per heavy atom. The van der Waals surface area contributed by atoms with Crippen molar-refractivity contribution in [3.8, 4) is 0 Å². The van der Waals surface area contributed by atoms with E-state index in [1.54, 1.807) is 43.3 Å². The number of nitrogens with zero attached hydrogens (tertiary/aromatic N) is 2. The highest BCUT2D eigenvalue weighted by molar-refractivity contribution is 5.87. The van der Waals surface area contributed by atoms with Crippen LogP contribution in [0.1, 0.15) is 24.1 Å². The molecular formula is C19H18N4O5. The lowest BCUT2D eigenvalue weighted by atomic mass is 9.94. The van der Waals surface area contributed by atoms with Crippen molar-refractivity contribution in [2.24, 2.45) is 0 Å². The number of aliphatic carboxylic acids is 1. The van der Waals surface area contributed by atoms with Crippen LogP contribution < -0.4 is 10.6 Å². The SMILES string of the molecule is COC1=C(C)NC(C(=O)O)c2ccccc2/C1=C(\Nc1ccncc1)[N+](=O)[O-]. The molecule has 0 amide bonds. The van der Waals surface area contributed by atoms with E-state index < -0.39 is 16.9 Å². The molecule has 9 nitrogen and oxygen atoms in total. The van der Waals surface area contributed by atoms with Gasteiger partial charge in [-0.05, 0) is 23.0 Å². The van der Waals surface area contributed by atoms with Crippen molar-refractivity contribution in [2.45, 2.75) is 13.0 Å². The monoisotopic (exact) mass is 382 g/mol. The first kappa shape index (κ1) is 18.9. The molecule has 0 aliphatic carbocycles. The van der Waals surface area contributed by atoms with Crippen LogP contribution in [0.5, 0.6) is 0 Å². The number of allylic oxidation sites excluding steroid dienone is 2. The summed E-state index contributed by atoms with van der Waals surface area (Å²) in [6.07, 6.45) is 3.01. The van der Waals surface area contributed by atoms with Gasteiger partial charge in [0, 0.05) is 24.5 Å². The number of nitro groups is 1. The Balaban J connectivity index is 2.33. The minimum atomic E-state index is -1.10. The van der Waals surface area contributed by atoms with E-state index >= 15 is 0 Å². The molecule has 1 aromatic heterocycles. The maximum absolute atomic E-state index is 12.0. The molecule has 1 unspecified atom stereocenters. The summed E-state index contributed by atoms with van der Waals surface area (Å²) in [6, 6.07) is 8.74. The molecule has 3 N–H and O–H groups in total. The van der Waals surface area contributed by atoms with Crippen LogP contribution in [0.15, 0.2) is 66.1 Å². The topological polar surface area (TPSA) is 127 Å². The Morgan fingerprint density at radius 3 is 2.57 bits per heavy atom. The van der Waals surface area contributed by atoms with E-state index in [0.717, 1.165) is 0 Å². The highest BCUT2D eigenvalue weighted by atomic mass is 16.6. The van der Waals surface area contributed by atoms with E-state index in [2.05, 4.69) is 15.6 Å². The third-order valence-corrected chi connectivity index (χ3v) is 4.28. The summed E-state index contributed by atoms with van der Waals surface area (Å²) in [7, 11) is 1.38. The number of anilines is 1. The van der Waals surface area contributed by atoms with Crippen molar-refractivity contribution < 1.29 is 19.6 Å². The van der Waals surface area contributed by atoms with Gasteiger partial charge in [-0.15, -0.1) is 0 Å². The van der Waals surface area contributed by atoms with E-state index in [0.29, 0.717) is 22.5 Å². The zero-order valence-corrected chi connectivity index (χ0v) is 15.2. The standard InChI is InChI=1S/C19H18N4O5/c1-11-17(28-2)15(18(23(26)27)22-12-7-9-20-10-8-12)13-5-3-4-6-14(13)16(21-11)19(24)25/h3-10,16,21H,1-2H3,(H,20,22)(H,24,25)/b18-15-. The number of aromatic nitrogens is 1. The lowest BCUT2D eigenvalue weighted by molar-refractivity contribution is -0.421. The van der Waals surface area contributed by atoms with Gasteiger partial charge in [0.1, 0.15) is 11.3 Å². The number of fused-ring (bicyclic) bond motifs is 1. The number of benzene rings is 1. The molecule has 9 heteroatoms. The molecule has 1 atom stereocenters. The fraction of sp³-hybridized carbons (Fsp3) is 0.158. The van der Waals surface area contributed by atoms with Crippen LogP contribution in [-0.4, -0.2) is 28.1 Å². The van der Waals surface area contributed by atoms with Gasteiger partial charge >= 0.3 is 11.8 Å². The van der Waals surface area contributed by atoms with Gasteiger partial charge in [-0.2, -0.15) is 0 Å². The van der Waals surface area contributed by atoms with Crippen molar-refractivity contribution in [1.29, 1.82) is 0 Å². The second kappa shape index (κ2) is 7.78. The Morgan fingerprint density at radius 1 is 1.29 bits per heavy atom. The van der Waals surface area contributed by atoms with Crippen LogP contribution in [0.2, 0.25) is 0 Å². The minimum Gasteiger partial charge on any atom is -0.494 e. The lowest BCUT2D eigenvalue weighted by Gasteiger charge is -2.16. The number of hydrogen-bond acceptors (Lipinski definition) is 7. The van der Waals surface area contributed by atoms with Crippen LogP contribution in [0.25, 0.3) is 5.57 Å². The predicted molar refractivity (Wildman–Crippen MR) is 101 cm³/mol. The molecule has 0 saturated carbocycles. The molecule has 2 aromatic rings. The van der Waals surface area contributed by atoms with Crippen LogP contribution in [0.3, 0.4) is 0 Å². The predicted octanol–water partition coefficient (Wildman–Crippen LogP) is 2.75. The number of methoxy groups -OCH3 is 1. The average Bonchev–Trinajstić information content (AvgIpc) is 2.81. The van der Waals surface area contributed by atoms with Crippen molar-refractivity contribution >= 4 is 17.2 Å². The second-order valence-electron chi connectivity index (χ2n) is 6.00. The van der Waals surface area contributed by atoms with E-state index in [1.807, 2.05) is 0 Å². The Hall–Kier alpha value is -3.88. The van der Waals surface area contributed by atoms with E-state index in [1.165, 1.54) is 19.5 Å². The molecule has 28 heavy (non-hydrogen) atoms. The molecule has 144 valence electrons. The van der Waals surface area contributed by atoms with Gasteiger partial charge in [-0.1, -0.05) is 24.3 Å². The lowest BCUT2D eigenvalue weighted by Crippen LogP contribution is -2.27. The van der Waals surface area contributed by atoms with Gasteiger partial charge < -0.3 is 25.3 Å². The largest absolute Gasteiger partial charge is 0.494 e. The number of pyridine rings is 1. The van der Waals surface area contributed by atoms with Crippen LogP contribution in [-0.2, 0) is 9.53 Å². The summed E-state index contributed by atoms with van der Waals surface area (Å²) in [5, 5.41) is 27.3. The highest BCUT2D eigenvalue weighted by Crippen LogP contribution is 2.37. The van der Waals surface area contributed by atoms with Crippen molar-refractivity contribution in [3.05, 3.63) is 87.3 Å². The van der Waals surface area contributed by atoms with Gasteiger partial charge in [-0.3, -0.25) is 4.98 Å². The molecule has 1 aromatic carbocycles. The summed E-state index contributed by atoms with van der Waals surface area (Å²) in [6.45, 7) is 1.62. The third kappa shape index (κ3) is 3.50. The minimum absolute atomic E-state index is 0.161. The van der Waals surface area contributed by atoms with Crippen LogP contribution in [0, 0.1) is 10.1 Å². The smallest absolute Gasteiger partial charge is 0.332 e. The normalized spacial score (nSPS) is 17.7.